The molecule has 0 aliphatic carbocycles. The van der Waals surface area contributed by atoms with Crippen molar-refractivity contribution < 1.29 is 35.6 Å². The van der Waals surface area contributed by atoms with Crippen molar-refractivity contribution in [3.63, 3.8) is 0 Å². The summed E-state index contributed by atoms with van der Waals surface area (Å²) in [5.41, 5.74) is 14.4. The molecule has 0 heterocycles. The first-order valence-corrected chi connectivity index (χ1v) is 5.78. The summed E-state index contributed by atoms with van der Waals surface area (Å²) in [7, 11) is 0. The van der Waals surface area contributed by atoms with Crippen LogP contribution in [0.5, 0.6) is 0 Å². The average molecular weight is 394 g/mol. The molecule has 0 aliphatic heterocycles. The molecule has 7 heteroatoms. The molecule has 0 aromatic heterocycles. The Labute approximate surface area is 146 Å². The Hall–Kier alpha value is -0.395. The van der Waals surface area contributed by atoms with Gasteiger partial charge >= 0.3 is 35.6 Å². The Balaban J connectivity index is -0.0000000865. The van der Waals surface area contributed by atoms with E-state index in [1.807, 2.05) is 41.5 Å². The quantitative estimate of drug-likeness (QED) is 0.284. The maximum atomic E-state index is 4.81. The van der Waals surface area contributed by atoms with Gasteiger partial charge in [0.1, 0.15) is 0 Å². The molecule has 0 aliphatic rings. The van der Waals surface area contributed by atoms with Crippen molar-refractivity contribution in [1.82, 2.24) is 0 Å². The SMILES string of the molecule is CC(C)N=[C-]N.CC(C)N=[C-]N.CC(C)N=[C-]N.[La+3]. The van der Waals surface area contributed by atoms with Gasteiger partial charge in [-0.2, -0.15) is 0 Å². The second-order valence-corrected chi connectivity index (χ2v) is 4.06. The van der Waals surface area contributed by atoms with Crippen LogP contribution >= 0.6 is 0 Å². The zero-order valence-electron chi connectivity index (χ0n) is 12.9. The Morgan fingerprint density at radius 1 is 0.579 bits per heavy atom. The van der Waals surface area contributed by atoms with Crippen LogP contribution in [0.15, 0.2) is 15.0 Å². The van der Waals surface area contributed by atoms with Crippen molar-refractivity contribution >= 4 is 19.0 Å². The Morgan fingerprint density at radius 3 is 0.737 bits per heavy atom. The molecule has 0 bridgehead atoms. The summed E-state index contributed by atoms with van der Waals surface area (Å²) < 4.78 is 0. The molecule has 6 N–H and O–H groups in total. The topological polar surface area (TPSA) is 115 Å². The van der Waals surface area contributed by atoms with Crippen molar-refractivity contribution in [2.24, 2.45) is 32.2 Å². The molecule has 6 nitrogen and oxygen atoms in total. The second kappa shape index (κ2) is 22.8. The summed E-state index contributed by atoms with van der Waals surface area (Å²) in [6.45, 7) is 11.7. The van der Waals surface area contributed by atoms with Gasteiger partial charge in [0.2, 0.25) is 0 Å². The van der Waals surface area contributed by atoms with Crippen molar-refractivity contribution in [3.05, 3.63) is 0 Å². The standard InChI is InChI=1S/3C4H9N2.La/c3*1-4(2)6-3-5;/h3*4H,1-2H3,(H2,5,6);/q3*-1;+3. The summed E-state index contributed by atoms with van der Waals surface area (Å²) >= 11 is 0. The monoisotopic (exact) mass is 394 g/mol. The molecule has 0 amide bonds. The first-order valence-electron chi connectivity index (χ1n) is 5.78. The van der Waals surface area contributed by atoms with Gasteiger partial charge in [0.15, 0.2) is 0 Å². The minimum atomic E-state index is 0. The molecule has 0 atom stereocenters. The van der Waals surface area contributed by atoms with E-state index in [0.29, 0.717) is 0 Å². The van der Waals surface area contributed by atoms with Crippen LogP contribution in [0, 0.1) is 35.6 Å². The number of nitrogens with two attached hydrogens (primary N) is 3. The van der Waals surface area contributed by atoms with Crippen molar-refractivity contribution in [2.75, 3.05) is 0 Å². The molecule has 0 spiro atoms. The van der Waals surface area contributed by atoms with E-state index >= 15 is 0 Å². The molecule has 19 heavy (non-hydrogen) atoms. The van der Waals surface area contributed by atoms with Crippen molar-refractivity contribution in [1.29, 1.82) is 0 Å². The summed E-state index contributed by atoms with van der Waals surface area (Å²) in [5.74, 6) is 0. The van der Waals surface area contributed by atoms with Crippen molar-refractivity contribution in [3.8, 4) is 0 Å². The van der Waals surface area contributed by atoms with Gasteiger partial charge in [0.05, 0.1) is 0 Å². The third-order valence-corrected chi connectivity index (χ3v) is 0.998. The Morgan fingerprint density at radius 2 is 0.737 bits per heavy atom. The van der Waals surface area contributed by atoms with Crippen LogP contribution in [0.1, 0.15) is 41.5 Å². The molecule has 0 radical (unpaired) electrons. The van der Waals surface area contributed by atoms with Gasteiger partial charge in [-0.05, 0) is 41.5 Å². The van der Waals surface area contributed by atoms with Crippen LogP contribution in [0.2, 0.25) is 0 Å². The van der Waals surface area contributed by atoms with Gasteiger partial charge in [-0.3, -0.25) is 0 Å². The number of rotatable bonds is 3. The van der Waals surface area contributed by atoms with Gasteiger partial charge in [-0.25, -0.2) is 0 Å². The smallest absolute Gasteiger partial charge is 0.563 e. The van der Waals surface area contributed by atoms with Crippen LogP contribution in [-0.4, -0.2) is 37.1 Å². The summed E-state index contributed by atoms with van der Waals surface area (Å²) in [6.07, 6.45) is 6.58. The third kappa shape index (κ3) is 57.9. The Kier molecular flexibility index (Phi) is 32.4. The molecular weight excluding hydrogens is 367 g/mol. The van der Waals surface area contributed by atoms with Crippen LogP contribution in [0.4, 0.5) is 0 Å². The largest absolute Gasteiger partial charge is 3.00 e. The summed E-state index contributed by atoms with van der Waals surface area (Å²) in [4.78, 5) is 11.0. The zero-order valence-corrected chi connectivity index (χ0v) is 16.5. The number of hydrogen-bond donors (Lipinski definition) is 3. The van der Waals surface area contributed by atoms with Crippen LogP contribution in [-0.2, 0) is 0 Å². The van der Waals surface area contributed by atoms with E-state index in [4.69, 9.17) is 17.2 Å². The van der Waals surface area contributed by atoms with E-state index in [0.717, 1.165) is 0 Å². The van der Waals surface area contributed by atoms with E-state index in [9.17, 15) is 0 Å². The fourth-order valence-corrected chi connectivity index (χ4v) is 0.447. The molecule has 0 saturated carbocycles. The fraction of sp³-hybridized carbons (Fsp3) is 0.750. The predicted octanol–water partition coefficient (Wildman–Crippen LogP) is 0.776. The number of nitrogens with zero attached hydrogens (tertiary/aromatic N) is 3. The van der Waals surface area contributed by atoms with Gasteiger partial charge in [-0.1, -0.05) is 0 Å². The molecule has 0 unspecified atom stereocenters. The predicted molar refractivity (Wildman–Crippen MR) is 80.3 cm³/mol. The van der Waals surface area contributed by atoms with Crippen LogP contribution < -0.4 is 17.2 Å². The van der Waals surface area contributed by atoms with Gasteiger partial charge in [0.25, 0.3) is 0 Å². The van der Waals surface area contributed by atoms with Crippen molar-refractivity contribution in [2.45, 2.75) is 59.7 Å². The molecule has 0 fully saturated rings. The molecule has 0 aromatic rings. The Bertz CT molecular complexity index is 186. The van der Waals surface area contributed by atoms with E-state index in [1.165, 1.54) is 0 Å². The normalized spacial score (nSPS) is 10.6. The van der Waals surface area contributed by atoms with Gasteiger partial charge < -0.3 is 51.2 Å². The molecule has 0 aromatic carbocycles. The zero-order chi connectivity index (χ0) is 15.0. The first-order chi connectivity index (χ1) is 8.31. The molecule has 108 valence electrons. The second-order valence-electron chi connectivity index (χ2n) is 4.06. The summed E-state index contributed by atoms with van der Waals surface area (Å²) in [5, 5.41) is 0. The minimum Gasteiger partial charge on any atom is -0.563 e. The number of hydrogen-bond acceptors (Lipinski definition) is 3. The third-order valence-electron chi connectivity index (χ3n) is 0.998. The molecule has 0 rings (SSSR count). The van der Waals surface area contributed by atoms with E-state index in [1.54, 1.807) is 0 Å². The van der Waals surface area contributed by atoms with Crippen LogP contribution in [0.3, 0.4) is 0 Å². The average Bonchev–Trinajstić information content (AvgIpc) is 2.18. The van der Waals surface area contributed by atoms with E-state index in [-0.39, 0.29) is 53.7 Å². The van der Waals surface area contributed by atoms with Gasteiger partial charge in [0, 0.05) is 18.1 Å². The summed E-state index contributed by atoms with van der Waals surface area (Å²) in [6, 6.07) is 0.861. The number of aliphatic imine (C=N–C) groups is 3. The maximum Gasteiger partial charge on any atom is 3.00 e. The van der Waals surface area contributed by atoms with Gasteiger partial charge in [-0.15, -0.1) is 0 Å². The van der Waals surface area contributed by atoms with E-state index in [2.05, 4.69) is 34.0 Å². The first kappa shape index (κ1) is 27.0. The minimum absolute atomic E-state index is 0. The maximum absolute atomic E-state index is 4.81. The molecule has 0 saturated heterocycles. The molecular formula is C12H27LaN6. The fourth-order valence-electron chi connectivity index (χ4n) is 0.447. The van der Waals surface area contributed by atoms with Crippen LogP contribution in [0.25, 0.3) is 0 Å². The van der Waals surface area contributed by atoms with E-state index < -0.39 is 0 Å².